The lowest BCUT2D eigenvalue weighted by Gasteiger charge is -2.12. The van der Waals surface area contributed by atoms with E-state index < -0.39 is 0 Å². The van der Waals surface area contributed by atoms with E-state index in [4.69, 9.17) is 0 Å². The Morgan fingerprint density at radius 3 is 1.95 bits per heavy atom. The maximum absolute atomic E-state index is 13.9. The van der Waals surface area contributed by atoms with E-state index in [0.29, 0.717) is 22.6 Å². The molecule has 5 heteroatoms. The molecule has 0 radical (unpaired) electrons. The Balaban J connectivity index is 1.55. The Kier molecular flexibility index (Phi) is 8.49. The molecule has 186 valence electrons. The summed E-state index contributed by atoms with van der Waals surface area (Å²) in [5, 5.41) is 2.37. The minimum Gasteiger partial charge on any atom is -0.293 e. The Bertz CT molecular complexity index is 1580. The SMILES string of the molecule is O=C(CS/C(SCc1cccc2ccccc12)=C(/C(=O)c1ccccc1)[n+]1ccccc1)c1ccccc1. The molecule has 0 aliphatic carbocycles. The minimum atomic E-state index is -0.0816. The summed E-state index contributed by atoms with van der Waals surface area (Å²) in [6, 6.07) is 39.0. The molecule has 0 unspecified atom stereocenters. The Morgan fingerprint density at radius 1 is 0.605 bits per heavy atom. The highest BCUT2D eigenvalue weighted by Gasteiger charge is 2.28. The number of rotatable bonds is 10. The molecule has 0 saturated carbocycles. The molecule has 5 rings (SSSR count). The number of thioether (sulfide) groups is 2. The van der Waals surface area contributed by atoms with Crippen LogP contribution >= 0.6 is 23.5 Å². The molecule has 0 atom stereocenters. The fourth-order valence-corrected chi connectivity index (χ4v) is 6.49. The van der Waals surface area contributed by atoms with Crippen molar-refractivity contribution in [3.05, 3.63) is 155 Å². The van der Waals surface area contributed by atoms with Crippen molar-refractivity contribution in [3.8, 4) is 0 Å². The Hall–Kier alpha value is -3.93. The van der Waals surface area contributed by atoms with E-state index in [1.807, 2.05) is 108 Å². The van der Waals surface area contributed by atoms with Crippen LogP contribution in [0.25, 0.3) is 16.5 Å². The molecule has 0 amide bonds. The van der Waals surface area contributed by atoms with Crippen molar-refractivity contribution in [1.82, 2.24) is 0 Å². The first kappa shape index (κ1) is 25.7. The van der Waals surface area contributed by atoms with Gasteiger partial charge in [-0.15, -0.1) is 23.5 Å². The highest BCUT2D eigenvalue weighted by atomic mass is 32.2. The quantitative estimate of drug-likeness (QED) is 0.105. The number of Topliss-reactive ketones (excluding diaryl/α,β-unsaturated/α-hetero) is 2. The standard InChI is InChI=1S/C33H26NO2S2/c35-30(26-14-4-1-5-15-26)24-38-33(37-23-28-19-12-18-25-13-8-9-20-29(25)28)31(34-21-10-3-11-22-34)32(36)27-16-6-2-7-17-27/h1-22H,23-24H2/q+1/b33-31-. The van der Waals surface area contributed by atoms with Crippen LogP contribution in [0.5, 0.6) is 0 Å². The van der Waals surface area contributed by atoms with Crippen LogP contribution in [0.1, 0.15) is 26.3 Å². The van der Waals surface area contributed by atoms with Gasteiger partial charge in [0.2, 0.25) is 0 Å². The number of fused-ring (bicyclic) bond motifs is 1. The van der Waals surface area contributed by atoms with Crippen LogP contribution in [-0.2, 0) is 5.75 Å². The maximum atomic E-state index is 13.9. The second kappa shape index (κ2) is 12.5. The first-order chi connectivity index (χ1) is 18.7. The lowest BCUT2D eigenvalue weighted by Crippen LogP contribution is -2.36. The summed E-state index contributed by atoms with van der Waals surface area (Å²) in [6.45, 7) is 0. The van der Waals surface area contributed by atoms with Crippen LogP contribution in [-0.4, -0.2) is 17.3 Å². The number of pyridine rings is 1. The van der Waals surface area contributed by atoms with Gasteiger partial charge >= 0.3 is 0 Å². The number of hydrogen-bond donors (Lipinski definition) is 0. The van der Waals surface area contributed by atoms with Gasteiger partial charge in [0.15, 0.2) is 18.2 Å². The van der Waals surface area contributed by atoms with E-state index in [-0.39, 0.29) is 17.3 Å². The predicted octanol–water partition coefficient (Wildman–Crippen LogP) is 7.69. The predicted molar refractivity (Wildman–Crippen MR) is 159 cm³/mol. The maximum Gasteiger partial charge on any atom is 0.279 e. The van der Waals surface area contributed by atoms with Gasteiger partial charge in [-0.05, 0) is 16.3 Å². The van der Waals surface area contributed by atoms with Crippen molar-refractivity contribution >= 4 is 51.6 Å². The lowest BCUT2D eigenvalue weighted by atomic mass is 10.1. The first-order valence-electron chi connectivity index (χ1n) is 12.3. The van der Waals surface area contributed by atoms with Crippen molar-refractivity contribution < 1.29 is 14.2 Å². The van der Waals surface area contributed by atoms with E-state index in [2.05, 4.69) is 30.3 Å². The van der Waals surface area contributed by atoms with Gasteiger partial charge in [0.25, 0.3) is 11.5 Å². The van der Waals surface area contributed by atoms with Crippen LogP contribution in [0.2, 0.25) is 0 Å². The third kappa shape index (κ3) is 6.13. The van der Waals surface area contributed by atoms with E-state index in [1.165, 1.54) is 28.1 Å². The molecule has 0 spiro atoms. The van der Waals surface area contributed by atoms with Crippen molar-refractivity contribution in [2.24, 2.45) is 0 Å². The molecule has 0 bridgehead atoms. The molecule has 1 aromatic heterocycles. The van der Waals surface area contributed by atoms with Gasteiger partial charge in [0.1, 0.15) is 4.24 Å². The summed E-state index contributed by atoms with van der Waals surface area (Å²) in [5.74, 6) is 0.855. The number of allylic oxidation sites excluding steroid dienone is 1. The molecule has 4 aromatic carbocycles. The van der Waals surface area contributed by atoms with Crippen molar-refractivity contribution in [2.45, 2.75) is 5.75 Å². The van der Waals surface area contributed by atoms with Crippen LogP contribution in [0, 0.1) is 0 Å². The van der Waals surface area contributed by atoms with Gasteiger partial charge in [-0.3, -0.25) is 9.59 Å². The van der Waals surface area contributed by atoms with Gasteiger partial charge in [-0.25, -0.2) is 0 Å². The normalized spacial score (nSPS) is 11.7. The first-order valence-corrected chi connectivity index (χ1v) is 14.3. The van der Waals surface area contributed by atoms with E-state index in [1.54, 1.807) is 11.8 Å². The highest BCUT2D eigenvalue weighted by molar-refractivity contribution is 8.22. The molecule has 0 saturated heterocycles. The average Bonchev–Trinajstić information content (AvgIpc) is 2.99. The second-order valence-corrected chi connectivity index (χ2v) is 10.8. The number of carbonyl (C=O) groups is 2. The summed E-state index contributed by atoms with van der Waals surface area (Å²) in [5.41, 5.74) is 3.01. The number of nitrogens with zero attached hydrogens (tertiary/aromatic N) is 1. The second-order valence-electron chi connectivity index (χ2n) is 8.62. The van der Waals surface area contributed by atoms with Crippen LogP contribution in [0.4, 0.5) is 0 Å². The van der Waals surface area contributed by atoms with Crippen LogP contribution in [0.15, 0.2) is 138 Å². The number of carbonyl (C=O) groups excluding carboxylic acids is 2. The van der Waals surface area contributed by atoms with Gasteiger partial charge in [0.05, 0.1) is 5.75 Å². The van der Waals surface area contributed by atoms with Gasteiger partial charge in [-0.1, -0.05) is 109 Å². The number of aromatic nitrogens is 1. The third-order valence-corrected chi connectivity index (χ3v) is 8.57. The number of hydrogen-bond acceptors (Lipinski definition) is 4. The van der Waals surface area contributed by atoms with E-state index >= 15 is 0 Å². The molecule has 0 aliphatic heterocycles. The van der Waals surface area contributed by atoms with Gasteiger partial charge in [-0.2, -0.15) is 4.57 Å². The highest BCUT2D eigenvalue weighted by Crippen LogP contribution is 2.37. The van der Waals surface area contributed by atoms with Crippen molar-refractivity contribution in [2.75, 3.05) is 5.75 Å². The molecule has 1 heterocycles. The molecule has 38 heavy (non-hydrogen) atoms. The van der Waals surface area contributed by atoms with Crippen LogP contribution in [0.3, 0.4) is 0 Å². The van der Waals surface area contributed by atoms with Gasteiger partial charge < -0.3 is 0 Å². The monoisotopic (exact) mass is 532 g/mol. The fourth-order valence-electron chi connectivity index (χ4n) is 4.17. The molecule has 3 nitrogen and oxygen atoms in total. The average molecular weight is 533 g/mol. The zero-order chi connectivity index (χ0) is 26.2. The molecular formula is C33H26NO2S2+. The van der Waals surface area contributed by atoms with E-state index in [9.17, 15) is 9.59 Å². The summed E-state index contributed by atoms with van der Waals surface area (Å²) in [6.07, 6.45) is 3.77. The zero-order valence-electron chi connectivity index (χ0n) is 20.7. The van der Waals surface area contributed by atoms with E-state index in [0.717, 1.165) is 4.24 Å². The molecular weight excluding hydrogens is 507 g/mol. The fraction of sp³-hybridized carbons (Fsp3) is 0.0606. The minimum absolute atomic E-state index is 0.0310. The van der Waals surface area contributed by atoms with Crippen molar-refractivity contribution in [1.29, 1.82) is 0 Å². The Labute approximate surface area is 231 Å². The number of benzene rings is 4. The molecule has 0 fully saturated rings. The zero-order valence-corrected chi connectivity index (χ0v) is 22.3. The topological polar surface area (TPSA) is 38.0 Å². The lowest BCUT2D eigenvalue weighted by molar-refractivity contribution is -0.576. The molecule has 5 aromatic rings. The number of ketones is 2. The summed E-state index contributed by atoms with van der Waals surface area (Å²) in [4.78, 5) is 27.0. The summed E-state index contributed by atoms with van der Waals surface area (Å²) in [7, 11) is 0. The van der Waals surface area contributed by atoms with Crippen molar-refractivity contribution in [3.63, 3.8) is 0 Å². The smallest absolute Gasteiger partial charge is 0.279 e. The largest absolute Gasteiger partial charge is 0.293 e. The Morgan fingerprint density at radius 2 is 1.21 bits per heavy atom. The third-order valence-electron chi connectivity index (χ3n) is 6.09. The van der Waals surface area contributed by atoms with Gasteiger partial charge in [0, 0.05) is 29.0 Å². The summed E-state index contributed by atoms with van der Waals surface area (Å²) < 4.78 is 2.67. The summed E-state index contributed by atoms with van der Waals surface area (Å²) >= 11 is 3.03. The molecule has 0 N–H and O–H groups in total. The van der Waals surface area contributed by atoms with Crippen LogP contribution < -0.4 is 4.57 Å². The molecule has 0 aliphatic rings.